The van der Waals surface area contributed by atoms with Crippen LogP contribution < -0.4 is 0 Å². The van der Waals surface area contributed by atoms with Gasteiger partial charge in [0.05, 0.1) is 12.2 Å². The van der Waals surface area contributed by atoms with Gasteiger partial charge in [0.25, 0.3) is 0 Å². The highest BCUT2D eigenvalue weighted by Gasteiger charge is 2.20. The first-order chi connectivity index (χ1) is 10.5. The Kier molecular flexibility index (Phi) is 5.69. The Balaban J connectivity index is 2.14. The second-order valence-electron chi connectivity index (χ2n) is 5.57. The van der Waals surface area contributed by atoms with E-state index in [1.54, 1.807) is 0 Å². The molecule has 0 amide bonds. The van der Waals surface area contributed by atoms with E-state index < -0.39 is 5.97 Å². The van der Waals surface area contributed by atoms with E-state index in [0.717, 1.165) is 18.1 Å². The van der Waals surface area contributed by atoms with Crippen molar-refractivity contribution in [2.24, 2.45) is 0 Å². The lowest BCUT2D eigenvalue weighted by molar-refractivity contribution is 0.0700. The normalized spacial score (nSPS) is 11.3. The van der Waals surface area contributed by atoms with Crippen LogP contribution in [0.1, 0.15) is 52.6 Å². The van der Waals surface area contributed by atoms with Gasteiger partial charge in [-0.15, -0.1) is 11.3 Å². The molecule has 22 heavy (non-hydrogen) atoms. The predicted octanol–water partition coefficient (Wildman–Crippen LogP) is 3.99. The third kappa shape index (κ3) is 4.15. The lowest BCUT2D eigenvalue weighted by Crippen LogP contribution is -2.22. The molecule has 1 heterocycles. The van der Waals surface area contributed by atoms with Crippen molar-refractivity contribution in [2.45, 2.75) is 39.8 Å². The van der Waals surface area contributed by atoms with E-state index >= 15 is 0 Å². The fourth-order valence-corrected chi connectivity index (χ4v) is 3.40. The van der Waals surface area contributed by atoms with Gasteiger partial charge in [0.2, 0.25) is 0 Å². The molecule has 0 aliphatic carbocycles. The smallest absolute Gasteiger partial charge is 0.347 e. The van der Waals surface area contributed by atoms with Crippen molar-refractivity contribution in [3.8, 4) is 0 Å². The number of carboxylic acids is 1. The van der Waals surface area contributed by atoms with Gasteiger partial charge in [-0.05, 0) is 18.0 Å². The first-order valence-corrected chi connectivity index (χ1v) is 8.32. The molecule has 1 N–H and O–H groups in total. The van der Waals surface area contributed by atoms with E-state index in [4.69, 9.17) is 0 Å². The number of nitrogens with zero attached hydrogens (tertiary/aromatic N) is 2. The van der Waals surface area contributed by atoms with E-state index in [0.29, 0.717) is 17.1 Å². The van der Waals surface area contributed by atoms with Crippen molar-refractivity contribution >= 4 is 17.3 Å². The van der Waals surface area contributed by atoms with E-state index in [1.165, 1.54) is 16.9 Å². The summed E-state index contributed by atoms with van der Waals surface area (Å²) in [7, 11) is 0. The highest BCUT2D eigenvalue weighted by molar-refractivity contribution is 7.13. The monoisotopic (exact) mass is 318 g/mol. The van der Waals surface area contributed by atoms with Crippen LogP contribution in [0.2, 0.25) is 0 Å². The summed E-state index contributed by atoms with van der Waals surface area (Å²) < 4.78 is 0. The quantitative estimate of drug-likeness (QED) is 0.839. The van der Waals surface area contributed by atoms with Crippen LogP contribution in [0.3, 0.4) is 0 Å². The van der Waals surface area contributed by atoms with Crippen LogP contribution in [0.25, 0.3) is 0 Å². The molecule has 0 saturated carbocycles. The molecule has 1 aromatic carbocycles. The number of thiazole rings is 1. The molecule has 2 rings (SSSR count). The van der Waals surface area contributed by atoms with Gasteiger partial charge >= 0.3 is 5.97 Å². The Hall–Kier alpha value is -1.72. The number of hydrogen-bond donors (Lipinski definition) is 1. The highest BCUT2D eigenvalue weighted by atomic mass is 32.1. The topological polar surface area (TPSA) is 53.4 Å². The van der Waals surface area contributed by atoms with Crippen molar-refractivity contribution in [2.75, 3.05) is 6.54 Å². The van der Waals surface area contributed by atoms with E-state index in [9.17, 15) is 9.90 Å². The molecule has 0 spiro atoms. The summed E-state index contributed by atoms with van der Waals surface area (Å²) in [6.45, 7) is 8.49. The summed E-state index contributed by atoms with van der Waals surface area (Å²) in [6, 6.07) is 10.3. The lowest BCUT2D eigenvalue weighted by atomic mass is 10.1. The molecule has 118 valence electrons. The SMILES string of the molecule is CCN(Cc1ccccc1)Cc1nc(C(C)C)c(C(=O)O)s1. The largest absolute Gasteiger partial charge is 0.477 e. The zero-order valence-corrected chi connectivity index (χ0v) is 14.1. The Morgan fingerprint density at radius 1 is 1.27 bits per heavy atom. The predicted molar refractivity (Wildman–Crippen MR) is 89.4 cm³/mol. The molecule has 0 saturated heterocycles. The maximum Gasteiger partial charge on any atom is 0.347 e. The van der Waals surface area contributed by atoms with Crippen LogP contribution in [-0.2, 0) is 13.1 Å². The minimum atomic E-state index is -0.876. The van der Waals surface area contributed by atoms with Gasteiger partial charge < -0.3 is 5.11 Å². The van der Waals surface area contributed by atoms with Crippen molar-refractivity contribution < 1.29 is 9.90 Å². The maximum absolute atomic E-state index is 11.3. The molecule has 0 fully saturated rings. The summed E-state index contributed by atoms with van der Waals surface area (Å²) in [5, 5.41) is 10.2. The van der Waals surface area contributed by atoms with Gasteiger partial charge in [-0.1, -0.05) is 51.1 Å². The summed E-state index contributed by atoms with van der Waals surface area (Å²) in [6.07, 6.45) is 0. The van der Waals surface area contributed by atoms with Crippen LogP contribution in [0.15, 0.2) is 30.3 Å². The summed E-state index contributed by atoms with van der Waals surface area (Å²) >= 11 is 1.30. The molecule has 5 heteroatoms. The molecule has 0 aliphatic rings. The average molecular weight is 318 g/mol. The van der Waals surface area contributed by atoms with Crippen LogP contribution in [0.5, 0.6) is 0 Å². The van der Waals surface area contributed by atoms with Crippen molar-refractivity contribution in [1.29, 1.82) is 0 Å². The van der Waals surface area contributed by atoms with Crippen molar-refractivity contribution in [3.63, 3.8) is 0 Å². The summed E-state index contributed by atoms with van der Waals surface area (Å²) in [4.78, 5) is 18.5. The number of carbonyl (C=O) groups is 1. The number of aromatic carboxylic acids is 1. The molecular weight excluding hydrogens is 296 g/mol. The van der Waals surface area contributed by atoms with Gasteiger partial charge in [-0.25, -0.2) is 9.78 Å². The Morgan fingerprint density at radius 3 is 2.45 bits per heavy atom. The average Bonchev–Trinajstić information content (AvgIpc) is 2.92. The Morgan fingerprint density at radius 2 is 1.95 bits per heavy atom. The maximum atomic E-state index is 11.3. The van der Waals surface area contributed by atoms with Crippen LogP contribution in [-0.4, -0.2) is 27.5 Å². The first kappa shape index (κ1) is 16.6. The molecule has 0 bridgehead atoms. The summed E-state index contributed by atoms with van der Waals surface area (Å²) in [5.41, 5.74) is 1.95. The standard InChI is InChI=1S/C17H22N2O2S/c1-4-19(10-13-8-6-5-7-9-13)11-14-18-15(12(2)3)16(22-14)17(20)21/h5-9,12H,4,10-11H2,1-3H3,(H,20,21). The molecule has 0 aliphatic heterocycles. The molecule has 4 nitrogen and oxygen atoms in total. The van der Waals surface area contributed by atoms with E-state index in [2.05, 4.69) is 28.9 Å². The zero-order valence-electron chi connectivity index (χ0n) is 13.2. The third-order valence-corrected chi connectivity index (χ3v) is 4.54. The zero-order chi connectivity index (χ0) is 16.1. The minimum absolute atomic E-state index is 0.125. The molecule has 2 aromatic rings. The first-order valence-electron chi connectivity index (χ1n) is 7.50. The third-order valence-electron chi connectivity index (χ3n) is 3.49. The van der Waals surface area contributed by atoms with E-state index in [-0.39, 0.29) is 5.92 Å². The van der Waals surface area contributed by atoms with Crippen LogP contribution in [0.4, 0.5) is 0 Å². The fraction of sp³-hybridized carbons (Fsp3) is 0.412. The van der Waals surface area contributed by atoms with Crippen molar-refractivity contribution in [3.05, 3.63) is 51.5 Å². The highest BCUT2D eigenvalue weighted by Crippen LogP contribution is 2.26. The molecule has 0 unspecified atom stereocenters. The minimum Gasteiger partial charge on any atom is -0.477 e. The number of aromatic nitrogens is 1. The fourth-order valence-electron chi connectivity index (χ4n) is 2.30. The number of benzene rings is 1. The number of hydrogen-bond acceptors (Lipinski definition) is 4. The second kappa shape index (κ2) is 7.51. The van der Waals surface area contributed by atoms with Gasteiger partial charge in [-0.3, -0.25) is 4.90 Å². The molecule has 0 radical (unpaired) electrons. The Labute approximate surface area is 135 Å². The van der Waals surface area contributed by atoms with Crippen LogP contribution in [0, 0.1) is 0 Å². The van der Waals surface area contributed by atoms with Crippen molar-refractivity contribution in [1.82, 2.24) is 9.88 Å². The molecule has 1 aromatic heterocycles. The molecular formula is C17H22N2O2S. The molecule has 0 atom stereocenters. The van der Waals surface area contributed by atoms with E-state index in [1.807, 2.05) is 32.0 Å². The van der Waals surface area contributed by atoms with Crippen LogP contribution >= 0.6 is 11.3 Å². The Bertz CT molecular complexity index is 623. The van der Waals surface area contributed by atoms with Gasteiger partial charge in [-0.2, -0.15) is 0 Å². The lowest BCUT2D eigenvalue weighted by Gasteiger charge is -2.19. The summed E-state index contributed by atoms with van der Waals surface area (Å²) in [5.74, 6) is -0.751. The van der Waals surface area contributed by atoms with Gasteiger partial charge in [0, 0.05) is 6.54 Å². The van der Waals surface area contributed by atoms with Gasteiger partial charge in [0.1, 0.15) is 9.88 Å². The number of carboxylic acid groups (broad SMARTS) is 1. The number of rotatable bonds is 7. The second-order valence-corrected chi connectivity index (χ2v) is 6.65. The van der Waals surface area contributed by atoms with Gasteiger partial charge in [0.15, 0.2) is 0 Å².